The molecule has 0 radical (unpaired) electrons. The summed E-state index contributed by atoms with van der Waals surface area (Å²) in [7, 11) is 2.10. The number of hydrogen-bond donors (Lipinski definition) is 2. The van der Waals surface area contributed by atoms with Crippen LogP contribution in [0.5, 0.6) is 0 Å². The molecule has 1 aromatic heterocycles. The van der Waals surface area contributed by atoms with Crippen LogP contribution in [-0.4, -0.2) is 47.6 Å². The van der Waals surface area contributed by atoms with Gasteiger partial charge in [-0.05, 0) is 38.1 Å². The minimum absolute atomic E-state index is 0.0957. The van der Waals surface area contributed by atoms with E-state index in [0.29, 0.717) is 23.7 Å². The summed E-state index contributed by atoms with van der Waals surface area (Å²) in [6, 6.07) is 3.28. The van der Waals surface area contributed by atoms with Crippen LogP contribution in [0.2, 0.25) is 0 Å². The second-order valence-electron chi connectivity index (χ2n) is 4.82. The first-order valence-corrected chi connectivity index (χ1v) is 6.21. The van der Waals surface area contributed by atoms with Gasteiger partial charge in [0.1, 0.15) is 0 Å². The molecule has 1 amide bonds. The fourth-order valence-electron chi connectivity index (χ4n) is 2.24. The molecule has 98 valence electrons. The standard InChI is InChI=1S/C13H19N3O2/c1-16-5-3-10(8-16)7-15-13(18)11-2-4-14-12(6-11)9-17/h2,4,6,10,17H,3,5,7-9H2,1H3,(H,15,18). The Bertz CT molecular complexity index is 422. The molecular weight excluding hydrogens is 230 g/mol. The first-order chi connectivity index (χ1) is 8.69. The normalized spacial score (nSPS) is 20.0. The van der Waals surface area contributed by atoms with Crippen LogP contribution in [0.3, 0.4) is 0 Å². The SMILES string of the molecule is CN1CCC(CNC(=O)c2ccnc(CO)c2)C1. The highest BCUT2D eigenvalue weighted by Crippen LogP contribution is 2.13. The summed E-state index contributed by atoms with van der Waals surface area (Å²) in [5.41, 5.74) is 1.07. The Morgan fingerprint density at radius 1 is 1.67 bits per heavy atom. The highest BCUT2D eigenvalue weighted by molar-refractivity contribution is 5.94. The van der Waals surface area contributed by atoms with E-state index in [4.69, 9.17) is 5.11 Å². The zero-order chi connectivity index (χ0) is 13.0. The van der Waals surface area contributed by atoms with Gasteiger partial charge in [0, 0.05) is 24.8 Å². The summed E-state index contributed by atoms with van der Waals surface area (Å²) in [6.45, 7) is 2.71. The summed E-state index contributed by atoms with van der Waals surface area (Å²) >= 11 is 0. The van der Waals surface area contributed by atoms with Crippen molar-refractivity contribution in [3.05, 3.63) is 29.6 Å². The van der Waals surface area contributed by atoms with Crippen molar-refractivity contribution in [2.45, 2.75) is 13.0 Å². The van der Waals surface area contributed by atoms with Crippen molar-refractivity contribution < 1.29 is 9.90 Å². The van der Waals surface area contributed by atoms with Crippen molar-refractivity contribution in [1.82, 2.24) is 15.2 Å². The van der Waals surface area contributed by atoms with Crippen LogP contribution in [0, 0.1) is 5.92 Å². The van der Waals surface area contributed by atoms with Crippen molar-refractivity contribution in [3.63, 3.8) is 0 Å². The molecule has 1 saturated heterocycles. The van der Waals surface area contributed by atoms with E-state index in [1.165, 1.54) is 0 Å². The van der Waals surface area contributed by atoms with E-state index < -0.39 is 0 Å². The Morgan fingerprint density at radius 2 is 2.50 bits per heavy atom. The fraction of sp³-hybridized carbons (Fsp3) is 0.538. The van der Waals surface area contributed by atoms with E-state index in [0.717, 1.165) is 19.5 Å². The number of aromatic nitrogens is 1. The predicted octanol–water partition coefficient (Wildman–Crippen LogP) is 0.255. The van der Waals surface area contributed by atoms with Gasteiger partial charge in [0.15, 0.2) is 0 Å². The molecule has 2 N–H and O–H groups in total. The van der Waals surface area contributed by atoms with Gasteiger partial charge in [-0.2, -0.15) is 0 Å². The van der Waals surface area contributed by atoms with Crippen molar-refractivity contribution in [2.75, 3.05) is 26.7 Å². The van der Waals surface area contributed by atoms with Gasteiger partial charge in [-0.1, -0.05) is 0 Å². The molecule has 1 unspecified atom stereocenters. The Hall–Kier alpha value is -1.46. The lowest BCUT2D eigenvalue weighted by Gasteiger charge is -2.11. The smallest absolute Gasteiger partial charge is 0.251 e. The molecule has 0 spiro atoms. The minimum atomic E-state index is -0.144. The maximum atomic E-state index is 11.9. The number of likely N-dealkylation sites (tertiary alicyclic amines) is 1. The number of nitrogens with zero attached hydrogens (tertiary/aromatic N) is 2. The molecule has 1 atom stereocenters. The quantitative estimate of drug-likeness (QED) is 0.803. The van der Waals surface area contributed by atoms with Crippen LogP contribution in [0.15, 0.2) is 18.3 Å². The second kappa shape index (κ2) is 5.93. The molecule has 0 aromatic carbocycles. The number of carbonyl (C=O) groups excluding carboxylic acids is 1. The molecule has 18 heavy (non-hydrogen) atoms. The van der Waals surface area contributed by atoms with Gasteiger partial charge >= 0.3 is 0 Å². The molecule has 5 nitrogen and oxygen atoms in total. The Morgan fingerprint density at radius 3 is 3.17 bits per heavy atom. The highest BCUT2D eigenvalue weighted by atomic mass is 16.3. The van der Waals surface area contributed by atoms with Crippen molar-refractivity contribution in [3.8, 4) is 0 Å². The van der Waals surface area contributed by atoms with Gasteiger partial charge in [0.05, 0.1) is 12.3 Å². The minimum Gasteiger partial charge on any atom is -0.390 e. The van der Waals surface area contributed by atoms with Crippen LogP contribution in [-0.2, 0) is 6.61 Å². The van der Waals surface area contributed by atoms with Crippen molar-refractivity contribution in [2.24, 2.45) is 5.92 Å². The molecule has 5 heteroatoms. The van der Waals surface area contributed by atoms with Crippen molar-refractivity contribution >= 4 is 5.91 Å². The van der Waals surface area contributed by atoms with Gasteiger partial charge in [0.25, 0.3) is 5.91 Å². The summed E-state index contributed by atoms with van der Waals surface area (Å²) in [5, 5.41) is 11.9. The Labute approximate surface area is 107 Å². The van der Waals surface area contributed by atoms with E-state index in [1.54, 1.807) is 18.3 Å². The Balaban J connectivity index is 1.87. The van der Waals surface area contributed by atoms with E-state index >= 15 is 0 Å². The highest BCUT2D eigenvalue weighted by Gasteiger charge is 2.20. The molecule has 0 bridgehead atoms. The molecule has 1 fully saturated rings. The Kier molecular flexibility index (Phi) is 4.28. The van der Waals surface area contributed by atoms with Gasteiger partial charge in [-0.3, -0.25) is 9.78 Å². The third kappa shape index (κ3) is 3.27. The lowest BCUT2D eigenvalue weighted by molar-refractivity contribution is 0.0947. The largest absolute Gasteiger partial charge is 0.390 e. The maximum absolute atomic E-state index is 11.9. The van der Waals surface area contributed by atoms with Crippen LogP contribution in [0.4, 0.5) is 0 Å². The zero-order valence-corrected chi connectivity index (χ0v) is 10.6. The average Bonchev–Trinajstić information content (AvgIpc) is 2.82. The van der Waals surface area contributed by atoms with Crippen LogP contribution < -0.4 is 5.32 Å². The topological polar surface area (TPSA) is 65.5 Å². The van der Waals surface area contributed by atoms with E-state index in [2.05, 4.69) is 22.2 Å². The van der Waals surface area contributed by atoms with Crippen LogP contribution in [0.1, 0.15) is 22.5 Å². The number of hydrogen-bond acceptors (Lipinski definition) is 4. The summed E-state index contributed by atoms with van der Waals surface area (Å²) < 4.78 is 0. The van der Waals surface area contributed by atoms with Crippen molar-refractivity contribution in [1.29, 1.82) is 0 Å². The monoisotopic (exact) mass is 249 g/mol. The number of amides is 1. The van der Waals surface area contributed by atoms with Gasteiger partial charge in [-0.15, -0.1) is 0 Å². The molecule has 1 aromatic rings. The molecule has 0 aliphatic carbocycles. The van der Waals surface area contributed by atoms with Gasteiger partial charge < -0.3 is 15.3 Å². The molecule has 1 aliphatic heterocycles. The lowest BCUT2D eigenvalue weighted by Crippen LogP contribution is -2.30. The van der Waals surface area contributed by atoms with E-state index in [9.17, 15) is 4.79 Å². The maximum Gasteiger partial charge on any atom is 0.251 e. The fourth-order valence-corrected chi connectivity index (χ4v) is 2.24. The molecule has 0 saturated carbocycles. The third-order valence-corrected chi connectivity index (χ3v) is 3.28. The number of nitrogens with one attached hydrogen (secondary N) is 1. The van der Waals surface area contributed by atoms with Crippen LogP contribution in [0.25, 0.3) is 0 Å². The summed E-state index contributed by atoms with van der Waals surface area (Å²) in [4.78, 5) is 18.1. The number of aliphatic hydroxyl groups is 1. The number of pyridine rings is 1. The van der Waals surface area contributed by atoms with E-state index in [1.807, 2.05) is 0 Å². The zero-order valence-electron chi connectivity index (χ0n) is 10.6. The van der Waals surface area contributed by atoms with E-state index in [-0.39, 0.29) is 12.5 Å². The molecular formula is C13H19N3O2. The number of aliphatic hydroxyl groups excluding tert-OH is 1. The predicted molar refractivity (Wildman–Crippen MR) is 68.1 cm³/mol. The van der Waals surface area contributed by atoms with Gasteiger partial charge in [0.2, 0.25) is 0 Å². The molecule has 2 heterocycles. The van der Waals surface area contributed by atoms with Gasteiger partial charge in [-0.25, -0.2) is 0 Å². The summed E-state index contributed by atoms with van der Waals surface area (Å²) in [6.07, 6.45) is 2.68. The first kappa shape index (κ1) is 13.0. The lowest BCUT2D eigenvalue weighted by atomic mass is 10.1. The number of rotatable bonds is 4. The average molecular weight is 249 g/mol. The molecule has 2 rings (SSSR count). The second-order valence-corrected chi connectivity index (χ2v) is 4.82. The summed E-state index contributed by atoms with van der Waals surface area (Å²) in [5.74, 6) is 0.444. The first-order valence-electron chi connectivity index (χ1n) is 6.21. The van der Waals surface area contributed by atoms with Crippen LogP contribution >= 0.6 is 0 Å². The third-order valence-electron chi connectivity index (χ3n) is 3.28. The molecule has 1 aliphatic rings. The number of carbonyl (C=O) groups is 1.